The number of carboxylic acid groups (broad SMARTS) is 1. The molecule has 0 fully saturated rings. The van der Waals surface area contributed by atoms with Crippen molar-refractivity contribution < 1.29 is 14.6 Å². The smallest absolute Gasteiger partial charge is 0.362 e. The summed E-state index contributed by atoms with van der Waals surface area (Å²) < 4.78 is 6.02. The third kappa shape index (κ3) is 1.89. The maximum absolute atomic E-state index is 11.6. The summed E-state index contributed by atoms with van der Waals surface area (Å²) in [6.45, 7) is 0. The Morgan fingerprint density at radius 1 is 1.41 bits per heavy atom. The molecule has 0 spiro atoms. The summed E-state index contributed by atoms with van der Waals surface area (Å²) in [5.74, 6) is -0.724. The summed E-state index contributed by atoms with van der Waals surface area (Å²) in [6.07, 6.45) is 0. The molecule has 0 aliphatic carbocycles. The van der Waals surface area contributed by atoms with Crippen LogP contribution < -0.4 is 10.3 Å². The van der Waals surface area contributed by atoms with E-state index < -0.39 is 17.2 Å². The van der Waals surface area contributed by atoms with E-state index in [1.165, 1.54) is 7.11 Å². The molecule has 0 saturated heterocycles. The molecule has 0 unspecified atom stereocenters. The molecule has 0 amide bonds. The van der Waals surface area contributed by atoms with Crippen LogP contribution in [0.1, 0.15) is 10.5 Å². The molecule has 1 aromatic carbocycles. The van der Waals surface area contributed by atoms with E-state index in [0.717, 1.165) is 4.68 Å². The Morgan fingerprint density at radius 2 is 2.06 bits per heavy atom. The summed E-state index contributed by atoms with van der Waals surface area (Å²) in [5, 5.41) is 14.5. The molecule has 2 rings (SSSR count). The van der Waals surface area contributed by atoms with E-state index in [2.05, 4.69) is 10.3 Å². The van der Waals surface area contributed by atoms with E-state index in [-0.39, 0.29) is 0 Å². The second-order valence-corrected chi connectivity index (χ2v) is 3.20. The van der Waals surface area contributed by atoms with Crippen LogP contribution in [0.2, 0.25) is 0 Å². The van der Waals surface area contributed by atoms with Crippen molar-refractivity contribution in [1.29, 1.82) is 0 Å². The quantitative estimate of drug-likeness (QED) is 0.795. The zero-order chi connectivity index (χ0) is 12.4. The van der Waals surface area contributed by atoms with Gasteiger partial charge in [-0.1, -0.05) is 0 Å². The van der Waals surface area contributed by atoms with Crippen LogP contribution in [0, 0.1) is 0 Å². The molecule has 88 valence electrons. The minimum Gasteiger partial charge on any atom is -0.497 e. The number of methoxy groups -OCH3 is 1. The first-order valence-electron chi connectivity index (χ1n) is 4.68. The second kappa shape index (κ2) is 4.12. The van der Waals surface area contributed by atoms with Gasteiger partial charge in [0.2, 0.25) is 5.69 Å². The number of benzene rings is 1. The summed E-state index contributed by atoms with van der Waals surface area (Å²) in [5.41, 5.74) is -0.765. The first-order valence-corrected chi connectivity index (χ1v) is 4.68. The fourth-order valence-electron chi connectivity index (χ4n) is 1.34. The monoisotopic (exact) mass is 235 g/mol. The molecule has 0 aliphatic heterocycles. The molecule has 0 radical (unpaired) electrons. The van der Waals surface area contributed by atoms with Crippen LogP contribution in [0.5, 0.6) is 5.75 Å². The SMILES string of the molecule is COc1ccc(-n2[nH]nc(C(=O)O)c2=O)cc1. The minimum atomic E-state index is -1.36. The standard InChI is InChI=1S/C10H9N3O4/c1-17-7-4-2-6(3-5-7)13-9(14)8(10(15)16)11-12-13/h2-5,12H,1H3,(H,15,16). The van der Waals surface area contributed by atoms with Gasteiger partial charge in [-0.2, -0.15) is 0 Å². The highest BCUT2D eigenvalue weighted by Gasteiger charge is 2.15. The molecule has 17 heavy (non-hydrogen) atoms. The molecule has 0 saturated carbocycles. The van der Waals surface area contributed by atoms with Gasteiger partial charge in [0, 0.05) is 0 Å². The highest BCUT2D eigenvalue weighted by Crippen LogP contribution is 2.12. The largest absolute Gasteiger partial charge is 0.497 e. The second-order valence-electron chi connectivity index (χ2n) is 3.20. The molecule has 2 aromatic rings. The lowest BCUT2D eigenvalue weighted by molar-refractivity contribution is 0.0689. The zero-order valence-electron chi connectivity index (χ0n) is 8.88. The van der Waals surface area contributed by atoms with Crippen molar-refractivity contribution in [3.8, 4) is 11.4 Å². The first kappa shape index (κ1) is 10.9. The van der Waals surface area contributed by atoms with Gasteiger partial charge in [-0.15, -0.1) is 5.10 Å². The number of aromatic amines is 1. The van der Waals surface area contributed by atoms with E-state index in [9.17, 15) is 9.59 Å². The highest BCUT2D eigenvalue weighted by atomic mass is 16.5. The fourth-order valence-corrected chi connectivity index (χ4v) is 1.34. The lowest BCUT2D eigenvalue weighted by atomic mass is 10.3. The highest BCUT2D eigenvalue weighted by molar-refractivity contribution is 5.84. The molecule has 0 bridgehead atoms. The Hall–Kier alpha value is -2.57. The van der Waals surface area contributed by atoms with Crippen LogP contribution >= 0.6 is 0 Å². The maximum atomic E-state index is 11.6. The number of ether oxygens (including phenoxy) is 1. The molecule has 1 aromatic heterocycles. The van der Waals surface area contributed by atoms with Gasteiger partial charge in [0.05, 0.1) is 12.8 Å². The van der Waals surface area contributed by atoms with Crippen molar-refractivity contribution in [2.45, 2.75) is 0 Å². The number of nitrogens with one attached hydrogen (secondary N) is 1. The number of aromatic nitrogens is 3. The topological polar surface area (TPSA) is 97.2 Å². The van der Waals surface area contributed by atoms with Crippen LogP contribution in [0.15, 0.2) is 29.1 Å². The molecule has 7 heteroatoms. The van der Waals surface area contributed by atoms with Crippen LogP contribution in [-0.2, 0) is 0 Å². The summed E-state index contributed by atoms with van der Waals surface area (Å²) in [4.78, 5) is 22.3. The van der Waals surface area contributed by atoms with Crippen molar-refractivity contribution in [2.24, 2.45) is 0 Å². The summed E-state index contributed by atoms with van der Waals surface area (Å²) in [7, 11) is 1.53. The van der Waals surface area contributed by atoms with Crippen molar-refractivity contribution in [1.82, 2.24) is 15.0 Å². The van der Waals surface area contributed by atoms with Crippen LogP contribution in [0.4, 0.5) is 0 Å². The lowest BCUT2D eigenvalue weighted by Gasteiger charge is -2.02. The van der Waals surface area contributed by atoms with Gasteiger partial charge < -0.3 is 9.84 Å². The zero-order valence-corrected chi connectivity index (χ0v) is 8.88. The third-order valence-electron chi connectivity index (χ3n) is 2.20. The molecular formula is C10H9N3O4. The molecule has 0 atom stereocenters. The Labute approximate surface area is 95.2 Å². The van der Waals surface area contributed by atoms with Gasteiger partial charge in [-0.3, -0.25) is 4.79 Å². The van der Waals surface area contributed by atoms with E-state index in [0.29, 0.717) is 11.4 Å². The lowest BCUT2D eigenvalue weighted by Crippen LogP contribution is -2.20. The number of carboxylic acids is 1. The van der Waals surface area contributed by atoms with Gasteiger partial charge in [0.1, 0.15) is 5.75 Å². The van der Waals surface area contributed by atoms with Crippen LogP contribution in [0.3, 0.4) is 0 Å². The Bertz CT molecular complexity index is 597. The molecule has 1 heterocycles. The average molecular weight is 235 g/mol. The summed E-state index contributed by atoms with van der Waals surface area (Å²) >= 11 is 0. The van der Waals surface area contributed by atoms with E-state index in [1.807, 2.05) is 0 Å². The van der Waals surface area contributed by atoms with Crippen molar-refractivity contribution in [2.75, 3.05) is 7.11 Å². The molecule has 2 N–H and O–H groups in total. The van der Waals surface area contributed by atoms with Gasteiger partial charge in [0.25, 0.3) is 0 Å². The fraction of sp³-hybridized carbons (Fsp3) is 0.100. The Morgan fingerprint density at radius 3 is 2.53 bits per heavy atom. The van der Waals surface area contributed by atoms with Crippen LogP contribution in [0.25, 0.3) is 5.69 Å². The van der Waals surface area contributed by atoms with Gasteiger partial charge in [-0.05, 0) is 24.3 Å². The number of H-pyrrole nitrogens is 1. The maximum Gasteiger partial charge on any atom is 0.362 e. The Kier molecular flexibility index (Phi) is 2.65. The van der Waals surface area contributed by atoms with E-state index in [1.54, 1.807) is 24.3 Å². The molecular weight excluding hydrogens is 226 g/mol. The first-order chi connectivity index (χ1) is 8.13. The number of aromatic carboxylic acids is 1. The predicted molar refractivity (Wildman–Crippen MR) is 57.7 cm³/mol. The molecule has 7 nitrogen and oxygen atoms in total. The van der Waals surface area contributed by atoms with E-state index >= 15 is 0 Å². The van der Waals surface area contributed by atoms with Crippen molar-refractivity contribution >= 4 is 5.97 Å². The number of rotatable bonds is 3. The van der Waals surface area contributed by atoms with Gasteiger partial charge in [-0.25, -0.2) is 14.7 Å². The van der Waals surface area contributed by atoms with E-state index in [4.69, 9.17) is 9.84 Å². The predicted octanol–water partition coefficient (Wildman–Crippen LogP) is 0.267. The number of hydrogen-bond donors (Lipinski definition) is 2. The van der Waals surface area contributed by atoms with Crippen LogP contribution in [-0.4, -0.2) is 33.2 Å². The number of nitrogens with zero attached hydrogens (tertiary/aromatic N) is 2. The Balaban J connectivity index is 2.46. The van der Waals surface area contributed by atoms with Gasteiger partial charge in [0.15, 0.2) is 0 Å². The van der Waals surface area contributed by atoms with Crippen molar-refractivity contribution in [3.63, 3.8) is 0 Å². The average Bonchev–Trinajstić information content (AvgIpc) is 2.71. The number of carbonyl (C=O) groups is 1. The molecule has 0 aliphatic rings. The number of hydrogen-bond acceptors (Lipinski definition) is 4. The van der Waals surface area contributed by atoms with Gasteiger partial charge >= 0.3 is 11.5 Å². The third-order valence-corrected chi connectivity index (χ3v) is 2.20. The minimum absolute atomic E-state index is 0.482. The van der Waals surface area contributed by atoms with Crippen molar-refractivity contribution in [3.05, 3.63) is 40.3 Å². The summed E-state index contributed by atoms with van der Waals surface area (Å²) in [6, 6.07) is 6.54. The normalized spacial score (nSPS) is 10.2.